The molecule has 0 N–H and O–H groups in total. The van der Waals surface area contributed by atoms with Crippen molar-refractivity contribution in [3.05, 3.63) is 46.7 Å². The fourth-order valence-electron chi connectivity index (χ4n) is 2.07. The largest absolute Gasteiger partial charge is 0.550 e. The summed E-state index contributed by atoms with van der Waals surface area (Å²) in [5.41, 5.74) is 1.67. The topological polar surface area (TPSA) is 62.2 Å². The van der Waals surface area contributed by atoms with Crippen LogP contribution in [0, 0.1) is 0 Å². The van der Waals surface area contributed by atoms with Crippen molar-refractivity contribution in [1.82, 2.24) is 4.98 Å². The molecular weight excluding hydrogens is 318 g/mol. The quantitative estimate of drug-likeness (QED) is 0.722. The van der Waals surface area contributed by atoms with E-state index in [1.807, 2.05) is 41.8 Å². The zero-order valence-electron chi connectivity index (χ0n) is 11.7. The highest BCUT2D eigenvalue weighted by molar-refractivity contribution is 7.17. The fraction of sp³-hybridized carbons (Fsp3) is 0.125. The Labute approximate surface area is 135 Å². The van der Waals surface area contributed by atoms with Crippen molar-refractivity contribution in [2.24, 2.45) is 0 Å². The van der Waals surface area contributed by atoms with Crippen molar-refractivity contribution in [3.8, 4) is 26.9 Å². The molecule has 3 rings (SSSR count). The molecule has 6 heteroatoms. The maximum atomic E-state index is 11.0. The van der Waals surface area contributed by atoms with E-state index in [1.165, 1.54) is 11.3 Å². The van der Waals surface area contributed by atoms with Gasteiger partial charge in [0.2, 0.25) is 0 Å². The van der Waals surface area contributed by atoms with Crippen LogP contribution in [0.25, 0.3) is 21.1 Å². The van der Waals surface area contributed by atoms with E-state index in [1.54, 1.807) is 18.4 Å². The number of thiazole rings is 1. The van der Waals surface area contributed by atoms with Crippen molar-refractivity contribution in [2.45, 2.75) is 6.42 Å². The Morgan fingerprint density at radius 1 is 1.27 bits per heavy atom. The minimum Gasteiger partial charge on any atom is -0.550 e. The van der Waals surface area contributed by atoms with Gasteiger partial charge in [-0.1, -0.05) is 6.07 Å². The summed E-state index contributed by atoms with van der Waals surface area (Å²) >= 11 is 2.93. The van der Waals surface area contributed by atoms with Crippen molar-refractivity contribution >= 4 is 28.6 Å². The van der Waals surface area contributed by atoms with Crippen molar-refractivity contribution < 1.29 is 14.6 Å². The number of aromatic nitrogens is 1. The highest BCUT2D eigenvalue weighted by Gasteiger charge is 2.15. The lowest BCUT2D eigenvalue weighted by Crippen LogP contribution is -2.24. The molecular formula is C16H12NO3S2-. The molecule has 0 radical (unpaired) electrons. The van der Waals surface area contributed by atoms with E-state index in [-0.39, 0.29) is 6.42 Å². The first-order valence-corrected chi connectivity index (χ1v) is 8.25. The summed E-state index contributed by atoms with van der Waals surface area (Å²) in [4.78, 5) is 17.3. The van der Waals surface area contributed by atoms with Crippen LogP contribution in [-0.4, -0.2) is 18.1 Å². The Hall–Kier alpha value is -2.18. The van der Waals surface area contributed by atoms with E-state index in [0.29, 0.717) is 4.88 Å². The molecule has 0 unspecified atom stereocenters. The maximum Gasteiger partial charge on any atom is 0.124 e. The molecule has 0 bridgehead atoms. The molecule has 0 aliphatic rings. The third kappa shape index (κ3) is 3.03. The van der Waals surface area contributed by atoms with E-state index in [0.717, 1.165) is 26.9 Å². The molecule has 1 aromatic carbocycles. The number of carboxylic acids is 1. The average Bonchev–Trinajstić information content (AvgIpc) is 3.16. The van der Waals surface area contributed by atoms with Gasteiger partial charge in [-0.3, -0.25) is 0 Å². The number of carbonyl (C=O) groups is 1. The monoisotopic (exact) mass is 330 g/mol. The second-order valence-electron chi connectivity index (χ2n) is 4.55. The summed E-state index contributed by atoms with van der Waals surface area (Å²) in [7, 11) is 1.62. The highest BCUT2D eigenvalue weighted by atomic mass is 32.1. The molecule has 2 aromatic heterocycles. The average molecular weight is 330 g/mol. The lowest BCUT2D eigenvalue weighted by atomic mass is 10.2. The molecule has 0 atom stereocenters. The second kappa shape index (κ2) is 6.29. The molecule has 2 heterocycles. The summed E-state index contributed by atoms with van der Waals surface area (Å²) in [5.74, 6) is -0.323. The number of benzene rings is 1. The number of hydrogen-bond donors (Lipinski definition) is 0. The molecule has 0 fully saturated rings. The van der Waals surface area contributed by atoms with Crippen molar-refractivity contribution in [3.63, 3.8) is 0 Å². The number of methoxy groups -OCH3 is 1. The number of carboxylic acid groups (broad SMARTS) is 1. The van der Waals surface area contributed by atoms with Crippen LogP contribution in [0.15, 0.2) is 41.8 Å². The summed E-state index contributed by atoms with van der Waals surface area (Å²) < 4.78 is 5.14. The highest BCUT2D eigenvalue weighted by Crippen LogP contribution is 2.36. The number of nitrogens with zero attached hydrogens (tertiary/aromatic N) is 1. The molecule has 0 saturated carbocycles. The summed E-state index contributed by atoms with van der Waals surface area (Å²) in [5, 5.41) is 13.7. The fourth-order valence-corrected chi connectivity index (χ4v) is 3.94. The molecule has 0 amide bonds. The SMILES string of the molecule is COc1ccc(-c2nc(-c3cccs3)c(CC(=O)[O-])s2)cc1. The van der Waals surface area contributed by atoms with Gasteiger partial charge >= 0.3 is 0 Å². The zero-order valence-corrected chi connectivity index (χ0v) is 13.4. The number of rotatable bonds is 5. The van der Waals surface area contributed by atoms with Gasteiger partial charge in [-0.2, -0.15) is 0 Å². The lowest BCUT2D eigenvalue weighted by molar-refractivity contribution is -0.304. The number of aliphatic carboxylic acids is 1. The third-order valence-electron chi connectivity index (χ3n) is 3.09. The number of thiophene rings is 1. The van der Waals surface area contributed by atoms with Gasteiger partial charge in [0.25, 0.3) is 0 Å². The zero-order chi connectivity index (χ0) is 15.5. The summed E-state index contributed by atoms with van der Waals surface area (Å²) in [6.45, 7) is 0. The van der Waals surface area contributed by atoms with Gasteiger partial charge in [0.05, 0.1) is 17.7 Å². The predicted molar refractivity (Wildman–Crippen MR) is 86.1 cm³/mol. The van der Waals surface area contributed by atoms with Gasteiger partial charge in [-0.25, -0.2) is 4.98 Å². The molecule has 0 aliphatic heterocycles. The minimum atomic E-state index is -1.09. The van der Waals surface area contributed by atoms with Gasteiger partial charge in [0.1, 0.15) is 10.8 Å². The van der Waals surface area contributed by atoms with Crippen LogP contribution >= 0.6 is 22.7 Å². The van der Waals surface area contributed by atoms with E-state index in [9.17, 15) is 9.90 Å². The van der Waals surface area contributed by atoms with Crippen LogP contribution in [0.2, 0.25) is 0 Å². The molecule has 0 aliphatic carbocycles. The smallest absolute Gasteiger partial charge is 0.124 e. The normalized spacial score (nSPS) is 10.6. The van der Waals surface area contributed by atoms with Crippen LogP contribution in [0.4, 0.5) is 0 Å². The Morgan fingerprint density at radius 3 is 2.64 bits per heavy atom. The van der Waals surface area contributed by atoms with E-state index in [2.05, 4.69) is 4.98 Å². The Morgan fingerprint density at radius 2 is 2.05 bits per heavy atom. The number of hydrogen-bond acceptors (Lipinski definition) is 6. The molecule has 112 valence electrons. The Balaban J connectivity index is 2.03. The first kappa shape index (κ1) is 14.7. The summed E-state index contributed by atoms with van der Waals surface area (Å²) in [6.07, 6.45) is -0.124. The van der Waals surface area contributed by atoms with Gasteiger partial charge in [0, 0.05) is 22.8 Å². The molecule has 4 nitrogen and oxygen atoms in total. The van der Waals surface area contributed by atoms with Crippen LogP contribution in [0.5, 0.6) is 5.75 Å². The number of ether oxygens (including phenoxy) is 1. The first-order chi connectivity index (χ1) is 10.7. The third-order valence-corrected chi connectivity index (χ3v) is 5.07. The lowest BCUT2D eigenvalue weighted by Gasteiger charge is -2.00. The van der Waals surface area contributed by atoms with Crippen LogP contribution < -0.4 is 9.84 Å². The van der Waals surface area contributed by atoms with Gasteiger partial charge in [0.15, 0.2) is 0 Å². The van der Waals surface area contributed by atoms with Crippen LogP contribution in [0.1, 0.15) is 4.88 Å². The summed E-state index contributed by atoms with van der Waals surface area (Å²) in [6, 6.07) is 11.4. The Bertz CT molecular complexity index is 776. The van der Waals surface area contributed by atoms with Crippen LogP contribution in [-0.2, 0) is 11.2 Å². The first-order valence-electron chi connectivity index (χ1n) is 6.55. The van der Waals surface area contributed by atoms with E-state index < -0.39 is 5.97 Å². The minimum absolute atomic E-state index is 0.124. The number of carbonyl (C=O) groups excluding carboxylic acids is 1. The standard InChI is InChI=1S/C16H13NO3S2/c1-20-11-6-4-10(5-7-11)16-17-15(12-3-2-8-21-12)13(22-16)9-14(18)19/h2-8H,9H2,1H3,(H,18,19)/p-1. The predicted octanol–water partition coefficient (Wildman–Crippen LogP) is 2.84. The Kier molecular flexibility index (Phi) is 4.22. The van der Waals surface area contributed by atoms with Crippen molar-refractivity contribution in [2.75, 3.05) is 7.11 Å². The molecule has 22 heavy (non-hydrogen) atoms. The van der Waals surface area contributed by atoms with Gasteiger partial charge in [-0.05, 0) is 35.7 Å². The maximum absolute atomic E-state index is 11.0. The molecule has 3 aromatic rings. The molecule has 0 saturated heterocycles. The molecule has 0 spiro atoms. The van der Waals surface area contributed by atoms with Gasteiger partial charge in [-0.15, -0.1) is 22.7 Å². The second-order valence-corrected chi connectivity index (χ2v) is 6.58. The van der Waals surface area contributed by atoms with Gasteiger partial charge < -0.3 is 14.6 Å². The van der Waals surface area contributed by atoms with E-state index >= 15 is 0 Å². The van der Waals surface area contributed by atoms with E-state index in [4.69, 9.17) is 4.74 Å². The van der Waals surface area contributed by atoms with Crippen LogP contribution in [0.3, 0.4) is 0 Å². The van der Waals surface area contributed by atoms with Crippen molar-refractivity contribution in [1.29, 1.82) is 0 Å².